The second-order valence-electron chi connectivity index (χ2n) is 11.4. The number of hydrogen-bond acceptors (Lipinski definition) is 4. The minimum Gasteiger partial charge on any atom is -0.481 e. The van der Waals surface area contributed by atoms with Gasteiger partial charge < -0.3 is 10.0 Å². The van der Waals surface area contributed by atoms with Crippen LogP contribution >= 0.6 is 0 Å². The van der Waals surface area contributed by atoms with Crippen molar-refractivity contribution in [1.29, 1.82) is 0 Å². The van der Waals surface area contributed by atoms with Gasteiger partial charge in [-0.15, -0.1) is 0 Å². The summed E-state index contributed by atoms with van der Waals surface area (Å²) in [6.07, 6.45) is 5.83. The molecule has 3 aromatic rings. The Hall–Kier alpha value is -3.56. The minimum absolute atomic E-state index is 0.0408. The summed E-state index contributed by atoms with van der Waals surface area (Å²) in [6, 6.07) is 20.5. The zero-order valence-electron chi connectivity index (χ0n) is 23.5. The van der Waals surface area contributed by atoms with Crippen LogP contribution in [0.3, 0.4) is 0 Å². The number of piperidine rings is 1. The average Bonchev–Trinajstić information content (AvgIpc) is 3.01. The summed E-state index contributed by atoms with van der Waals surface area (Å²) in [6.45, 7) is 0.693. The molecule has 0 radical (unpaired) electrons. The van der Waals surface area contributed by atoms with Gasteiger partial charge in [0.1, 0.15) is 5.82 Å². The summed E-state index contributed by atoms with van der Waals surface area (Å²) in [7, 11) is -3.72. The van der Waals surface area contributed by atoms with E-state index >= 15 is 0 Å². The number of sulfonamides is 1. The van der Waals surface area contributed by atoms with Crippen molar-refractivity contribution >= 4 is 21.9 Å². The average molecular weight is 593 g/mol. The van der Waals surface area contributed by atoms with Gasteiger partial charge in [0.2, 0.25) is 15.9 Å². The molecule has 3 aromatic carbocycles. The van der Waals surface area contributed by atoms with E-state index in [1.165, 1.54) is 12.1 Å². The molecule has 0 bridgehead atoms. The number of hydrogen-bond donors (Lipinski definition) is 2. The van der Waals surface area contributed by atoms with Crippen LogP contribution in [-0.4, -0.2) is 42.9 Å². The van der Waals surface area contributed by atoms with E-state index in [1.807, 2.05) is 29.2 Å². The Bertz CT molecular complexity index is 1480. The van der Waals surface area contributed by atoms with Crippen molar-refractivity contribution in [3.8, 4) is 11.1 Å². The van der Waals surface area contributed by atoms with E-state index < -0.39 is 16.0 Å². The number of amides is 1. The number of halogens is 1. The summed E-state index contributed by atoms with van der Waals surface area (Å²) in [4.78, 5) is 26.5. The van der Waals surface area contributed by atoms with Gasteiger partial charge in [0, 0.05) is 24.9 Å². The standard InChI is InChI=1S/C33H37FN2O5S/c34-28-15-9-26(10-16-28)31-3-1-2-22-36(31)33(39)27-11-17-29(18-12-27)35-42(40,41)30-19-13-25(14-20-30)24-7-4-23(5-8-24)6-21-32(37)38/h4-5,7-10,13-16,19-20,27,29,31,35H,1-3,6,11-12,17-18,21-22H2,(H,37,38)/t27?,29?,31-/m1/s1. The maximum Gasteiger partial charge on any atom is 0.303 e. The van der Waals surface area contributed by atoms with E-state index in [9.17, 15) is 22.4 Å². The fourth-order valence-electron chi connectivity index (χ4n) is 6.15. The molecule has 0 aromatic heterocycles. The van der Waals surface area contributed by atoms with E-state index in [0.717, 1.165) is 41.5 Å². The zero-order valence-corrected chi connectivity index (χ0v) is 24.4. The Labute approximate surface area is 246 Å². The van der Waals surface area contributed by atoms with Crippen LogP contribution in [0, 0.1) is 11.7 Å². The summed E-state index contributed by atoms with van der Waals surface area (Å²) < 4.78 is 42.6. The lowest BCUT2D eigenvalue weighted by molar-refractivity contribution is -0.140. The Morgan fingerprint density at radius 2 is 1.45 bits per heavy atom. The van der Waals surface area contributed by atoms with Gasteiger partial charge in [-0.25, -0.2) is 17.5 Å². The molecular weight excluding hydrogens is 555 g/mol. The highest BCUT2D eigenvalue weighted by atomic mass is 32.2. The number of aliphatic carboxylic acids is 1. The summed E-state index contributed by atoms with van der Waals surface area (Å²) in [5, 5.41) is 8.86. The minimum atomic E-state index is -3.72. The highest BCUT2D eigenvalue weighted by Crippen LogP contribution is 2.35. The second-order valence-corrected chi connectivity index (χ2v) is 13.1. The van der Waals surface area contributed by atoms with E-state index in [-0.39, 0.29) is 41.0 Å². The number of nitrogens with zero attached hydrogens (tertiary/aromatic N) is 1. The second kappa shape index (κ2) is 13.2. The van der Waals surface area contributed by atoms with Crippen LogP contribution in [0.2, 0.25) is 0 Å². The Morgan fingerprint density at radius 3 is 2.07 bits per heavy atom. The molecule has 42 heavy (non-hydrogen) atoms. The van der Waals surface area contributed by atoms with Crippen LogP contribution in [-0.2, 0) is 26.0 Å². The predicted molar refractivity (Wildman–Crippen MR) is 159 cm³/mol. The number of aryl methyl sites for hydroxylation is 1. The van der Waals surface area contributed by atoms with Gasteiger partial charge in [0.25, 0.3) is 0 Å². The zero-order chi connectivity index (χ0) is 29.7. The fourth-order valence-corrected chi connectivity index (χ4v) is 7.45. The number of rotatable bonds is 9. The van der Waals surface area contributed by atoms with E-state index in [2.05, 4.69) is 4.72 Å². The first kappa shape index (κ1) is 29.9. The van der Waals surface area contributed by atoms with E-state index in [1.54, 1.807) is 36.4 Å². The fraction of sp³-hybridized carbons (Fsp3) is 0.394. The quantitative estimate of drug-likeness (QED) is 0.313. The molecule has 1 saturated heterocycles. The molecule has 7 nitrogen and oxygen atoms in total. The van der Waals surface area contributed by atoms with Gasteiger partial charge in [-0.3, -0.25) is 9.59 Å². The first-order valence-electron chi connectivity index (χ1n) is 14.7. The number of carbonyl (C=O) groups excluding carboxylic acids is 1. The largest absolute Gasteiger partial charge is 0.481 e. The lowest BCUT2D eigenvalue weighted by Crippen LogP contribution is -2.45. The molecule has 0 unspecified atom stereocenters. The third-order valence-electron chi connectivity index (χ3n) is 8.52. The molecule has 1 saturated carbocycles. The van der Waals surface area contributed by atoms with Gasteiger partial charge >= 0.3 is 5.97 Å². The van der Waals surface area contributed by atoms with E-state index in [0.29, 0.717) is 38.6 Å². The first-order valence-corrected chi connectivity index (χ1v) is 16.2. The van der Waals surface area contributed by atoms with Gasteiger partial charge in [0.15, 0.2) is 0 Å². The number of benzene rings is 3. The van der Waals surface area contributed by atoms with Crippen LogP contribution in [0.15, 0.2) is 77.7 Å². The lowest BCUT2D eigenvalue weighted by Gasteiger charge is -2.39. The van der Waals surface area contributed by atoms with Crippen LogP contribution in [0.1, 0.15) is 68.5 Å². The van der Waals surface area contributed by atoms with Gasteiger partial charge in [-0.05, 0) is 97.9 Å². The van der Waals surface area contributed by atoms with Crippen molar-refractivity contribution in [3.63, 3.8) is 0 Å². The number of carboxylic acid groups (broad SMARTS) is 1. The molecule has 1 aliphatic heterocycles. The summed E-state index contributed by atoms with van der Waals surface area (Å²) in [5.74, 6) is -1.14. The third kappa shape index (κ3) is 7.25. The molecule has 1 atom stereocenters. The van der Waals surface area contributed by atoms with Crippen molar-refractivity contribution in [2.24, 2.45) is 5.92 Å². The monoisotopic (exact) mass is 592 g/mol. The van der Waals surface area contributed by atoms with Crippen molar-refractivity contribution in [1.82, 2.24) is 9.62 Å². The SMILES string of the molecule is O=C(O)CCc1ccc(-c2ccc(S(=O)(=O)NC3CCC(C(=O)N4CCCC[C@@H]4c4ccc(F)cc4)CC3)cc2)cc1. The van der Waals surface area contributed by atoms with Crippen LogP contribution in [0.25, 0.3) is 11.1 Å². The van der Waals surface area contributed by atoms with Crippen molar-refractivity contribution in [2.75, 3.05) is 6.54 Å². The van der Waals surface area contributed by atoms with E-state index in [4.69, 9.17) is 5.11 Å². The van der Waals surface area contributed by atoms with Gasteiger partial charge in [-0.2, -0.15) is 0 Å². The Kier molecular flexibility index (Phi) is 9.38. The first-order chi connectivity index (χ1) is 20.2. The highest BCUT2D eigenvalue weighted by molar-refractivity contribution is 7.89. The normalized spacial score (nSPS) is 21.2. The molecule has 1 aliphatic carbocycles. The van der Waals surface area contributed by atoms with Gasteiger partial charge in [0.05, 0.1) is 10.9 Å². The highest BCUT2D eigenvalue weighted by Gasteiger charge is 2.35. The van der Waals surface area contributed by atoms with Crippen LogP contribution in [0.4, 0.5) is 4.39 Å². The molecule has 222 valence electrons. The summed E-state index contributed by atoms with van der Waals surface area (Å²) >= 11 is 0. The molecular formula is C33H37FN2O5S. The van der Waals surface area contributed by atoms with Crippen LogP contribution < -0.4 is 4.72 Å². The molecule has 2 N–H and O–H groups in total. The smallest absolute Gasteiger partial charge is 0.303 e. The molecule has 0 spiro atoms. The molecule has 2 aliphatic rings. The number of nitrogens with one attached hydrogen (secondary N) is 1. The van der Waals surface area contributed by atoms with Crippen molar-refractivity contribution in [2.45, 2.75) is 74.8 Å². The topological polar surface area (TPSA) is 104 Å². The van der Waals surface area contributed by atoms with Crippen molar-refractivity contribution < 1.29 is 27.5 Å². The maximum atomic E-state index is 13.5. The lowest BCUT2D eigenvalue weighted by atomic mass is 9.84. The predicted octanol–water partition coefficient (Wildman–Crippen LogP) is 6.10. The summed E-state index contributed by atoms with van der Waals surface area (Å²) in [5.41, 5.74) is 3.69. The van der Waals surface area contributed by atoms with Crippen molar-refractivity contribution in [3.05, 3.63) is 89.7 Å². The molecule has 2 fully saturated rings. The maximum absolute atomic E-state index is 13.5. The third-order valence-corrected chi connectivity index (χ3v) is 10.1. The van der Waals surface area contributed by atoms with Crippen LogP contribution in [0.5, 0.6) is 0 Å². The molecule has 1 heterocycles. The Balaban J connectivity index is 1.16. The number of carbonyl (C=O) groups is 2. The number of likely N-dealkylation sites (tertiary alicyclic amines) is 1. The number of carboxylic acids is 1. The van der Waals surface area contributed by atoms with Gasteiger partial charge in [-0.1, -0.05) is 48.5 Å². The Morgan fingerprint density at radius 1 is 0.833 bits per heavy atom. The molecule has 5 rings (SSSR count). The molecule has 1 amide bonds. The molecule has 9 heteroatoms.